The van der Waals surface area contributed by atoms with E-state index in [-0.39, 0.29) is 12.1 Å². The van der Waals surface area contributed by atoms with Gasteiger partial charge >= 0.3 is 12.1 Å². The van der Waals surface area contributed by atoms with Gasteiger partial charge in [-0.25, -0.2) is 9.59 Å². The van der Waals surface area contributed by atoms with E-state index in [1.54, 1.807) is 11.0 Å². The lowest BCUT2D eigenvalue weighted by Gasteiger charge is -2.34. The van der Waals surface area contributed by atoms with Crippen molar-refractivity contribution >= 4 is 23.4 Å². The van der Waals surface area contributed by atoms with Gasteiger partial charge in [0.1, 0.15) is 5.60 Å². The van der Waals surface area contributed by atoms with Gasteiger partial charge in [0.15, 0.2) is 0 Å². The number of hydrogen-bond acceptors (Lipinski definition) is 6. The molecule has 0 radical (unpaired) electrons. The van der Waals surface area contributed by atoms with Crippen LogP contribution in [0.2, 0.25) is 0 Å². The van der Waals surface area contributed by atoms with Crippen molar-refractivity contribution in [1.82, 2.24) is 4.90 Å². The molecule has 0 aliphatic carbocycles. The number of nitrogens with two attached hydrogens (primary N) is 1. The smallest absolute Gasteiger partial charge is 0.410 e. The summed E-state index contributed by atoms with van der Waals surface area (Å²) in [7, 11) is 1.35. The number of nitrogen functional groups attached to an aromatic ring is 1. The molecule has 0 aromatic heterocycles. The van der Waals surface area contributed by atoms with Crippen molar-refractivity contribution < 1.29 is 19.1 Å². The van der Waals surface area contributed by atoms with Crippen LogP contribution in [0.3, 0.4) is 0 Å². The summed E-state index contributed by atoms with van der Waals surface area (Å²) in [6.45, 7) is 8.70. The highest BCUT2D eigenvalue weighted by atomic mass is 16.6. The predicted octanol–water partition coefficient (Wildman–Crippen LogP) is 3.18. The highest BCUT2D eigenvalue weighted by Gasteiger charge is 2.27. The number of ether oxygens (including phenoxy) is 2. The van der Waals surface area contributed by atoms with E-state index in [2.05, 4.69) is 5.32 Å². The van der Waals surface area contributed by atoms with E-state index in [9.17, 15) is 9.59 Å². The summed E-state index contributed by atoms with van der Waals surface area (Å²) in [5.41, 5.74) is 8.18. The normalized spacial score (nSPS) is 15.5. The zero-order chi connectivity index (χ0) is 19.5. The number of methoxy groups -OCH3 is 1. The number of nitrogens with zero attached hydrogens (tertiary/aromatic N) is 1. The first-order valence-corrected chi connectivity index (χ1v) is 8.83. The average molecular weight is 363 g/mol. The minimum absolute atomic E-state index is 0.208. The summed E-state index contributed by atoms with van der Waals surface area (Å²) in [6.07, 6.45) is 1.33. The first kappa shape index (κ1) is 19.9. The maximum atomic E-state index is 12.1. The third-order valence-corrected chi connectivity index (χ3v) is 4.31. The molecule has 26 heavy (non-hydrogen) atoms. The first-order chi connectivity index (χ1) is 12.1. The monoisotopic (exact) mass is 363 g/mol. The number of piperidine rings is 1. The molecule has 144 valence electrons. The zero-order valence-electron chi connectivity index (χ0n) is 16.2. The van der Waals surface area contributed by atoms with Crippen molar-refractivity contribution in [2.24, 2.45) is 0 Å². The fraction of sp³-hybridized carbons (Fsp3) is 0.579. The maximum absolute atomic E-state index is 12.1. The van der Waals surface area contributed by atoms with E-state index in [4.69, 9.17) is 15.2 Å². The molecule has 1 aliphatic rings. The Morgan fingerprint density at radius 2 is 1.85 bits per heavy atom. The van der Waals surface area contributed by atoms with Crippen molar-refractivity contribution in [3.8, 4) is 0 Å². The summed E-state index contributed by atoms with van der Waals surface area (Å²) in [5, 5.41) is 3.43. The van der Waals surface area contributed by atoms with Gasteiger partial charge in [-0.15, -0.1) is 0 Å². The van der Waals surface area contributed by atoms with E-state index in [1.165, 1.54) is 7.11 Å². The fourth-order valence-corrected chi connectivity index (χ4v) is 2.93. The van der Waals surface area contributed by atoms with Gasteiger partial charge < -0.3 is 25.4 Å². The second-order valence-corrected chi connectivity index (χ2v) is 7.63. The van der Waals surface area contributed by atoms with Crippen LogP contribution in [0, 0.1) is 6.92 Å². The van der Waals surface area contributed by atoms with E-state index >= 15 is 0 Å². The molecule has 1 aliphatic heterocycles. The van der Waals surface area contributed by atoms with Crippen LogP contribution in [0.15, 0.2) is 12.1 Å². The minimum Gasteiger partial charge on any atom is -0.465 e. The molecular weight excluding hydrogens is 334 g/mol. The van der Waals surface area contributed by atoms with E-state index in [0.29, 0.717) is 24.3 Å². The minimum atomic E-state index is -0.487. The molecule has 0 spiro atoms. The Morgan fingerprint density at radius 3 is 2.38 bits per heavy atom. The number of aryl methyl sites for hydroxylation is 1. The molecule has 3 N–H and O–H groups in total. The standard InChI is InChI=1S/C19H29N3O4/c1-12-10-16(15(20)11-14(12)17(23)25-5)21-13-6-8-22(9-7-13)18(24)26-19(2,3)4/h10-11,13,21H,6-9,20H2,1-5H3. The molecule has 7 heteroatoms. The highest BCUT2D eigenvalue weighted by Crippen LogP contribution is 2.27. The molecule has 0 saturated carbocycles. The summed E-state index contributed by atoms with van der Waals surface area (Å²) >= 11 is 0. The van der Waals surface area contributed by atoms with Crippen LogP contribution in [0.1, 0.15) is 49.5 Å². The largest absolute Gasteiger partial charge is 0.465 e. The van der Waals surface area contributed by atoms with Crippen LogP contribution < -0.4 is 11.1 Å². The first-order valence-electron chi connectivity index (χ1n) is 8.83. The SMILES string of the molecule is COC(=O)c1cc(N)c(NC2CCN(C(=O)OC(C)(C)C)CC2)cc1C. The molecule has 0 bridgehead atoms. The van der Waals surface area contributed by atoms with Gasteiger partial charge in [-0.2, -0.15) is 0 Å². The third kappa shape index (κ3) is 5.03. The summed E-state index contributed by atoms with van der Waals surface area (Å²) in [6, 6.07) is 3.71. The average Bonchev–Trinajstić information content (AvgIpc) is 2.56. The number of amides is 1. The van der Waals surface area contributed by atoms with Crippen molar-refractivity contribution in [2.45, 2.75) is 52.2 Å². The van der Waals surface area contributed by atoms with Crippen LogP contribution in [-0.4, -0.2) is 48.8 Å². The molecule has 0 atom stereocenters. The number of nitrogens with one attached hydrogen (secondary N) is 1. The molecule has 7 nitrogen and oxygen atoms in total. The van der Waals surface area contributed by atoms with Crippen molar-refractivity contribution in [1.29, 1.82) is 0 Å². The summed E-state index contributed by atoms with van der Waals surface area (Å²) in [4.78, 5) is 25.6. The second kappa shape index (κ2) is 7.85. The predicted molar refractivity (Wildman–Crippen MR) is 101 cm³/mol. The lowest BCUT2D eigenvalue weighted by Crippen LogP contribution is -2.44. The zero-order valence-corrected chi connectivity index (χ0v) is 16.2. The Hall–Kier alpha value is -2.44. The molecule has 1 saturated heterocycles. The molecule has 0 unspecified atom stereocenters. The summed E-state index contributed by atoms with van der Waals surface area (Å²) in [5.74, 6) is -0.397. The van der Waals surface area contributed by atoms with E-state index in [0.717, 1.165) is 24.1 Å². The Bertz CT molecular complexity index is 674. The maximum Gasteiger partial charge on any atom is 0.410 e. The van der Waals surface area contributed by atoms with Crippen molar-refractivity contribution in [3.63, 3.8) is 0 Å². The molecule has 2 rings (SSSR count). The van der Waals surface area contributed by atoms with Crippen molar-refractivity contribution in [2.75, 3.05) is 31.2 Å². The number of hydrogen-bond donors (Lipinski definition) is 2. The van der Waals surface area contributed by atoms with Gasteiger partial charge in [-0.3, -0.25) is 0 Å². The Labute approximate surface area is 154 Å². The number of carbonyl (C=O) groups is 2. The molecule has 1 heterocycles. The van der Waals surface area contributed by atoms with Gasteiger partial charge in [0.05, 0.1) is 24.0 Å². The Kier molecular flexibility index (Phi) is 6.00. The Balaban J connectivity index is 1.96. The van der Waals surface area contributed by atoms with Crippen molar-refractivity contribution in [3.05, 3.63) is 23.3 Å². The Morgan fingerprint density at radius 1 is 1.23 bits per heavy atom. The number of rotatable bonds is 3. The lowest BCUT2D eigenvalue weighted by atomic mass is 10.0. The lowest BCUT2D eigenvalue weighted by molar-refractivity contribution is 0.0210. The van der Waals surface area contributed by atoms with Gasteiger partial charge in [0.2, 0.25) is 0 Å². The fourth-order valence-electron chi connectivity index (χ4n) is 2.93. The third-order valence-electron chi connectivity index (χ3n) is 4.31. The number of anilines is 2. The molecule has 1 fully saturated rings. The van der Waals surface area contributed by atoms with Crippen LogP contribution >= 0.6 is 0 Å². The molecule has 1 aromatic rings. The molecule has 1 amide bonds. The second-order valence-electron chi connectivity index (χ2n) is 7.63. The van der Waals surface area contributed by atoms with E-state index < -0.39 is 11.6 Å². The number of likely N-dealkylation sites (tertiary alicyclic amines) is 1. The van der Waals surface area contributed by atoms with Crippen LogP contribution in [0.5, 0.6) is 0 Å². The van der Waals surface area contributed by atoms with Gasteiger partial charge in [-0.05, 0) is 58.2 Å². The quantitative estimate of drug-likeness (QED) is 0.633. The van der Waals surface area contributed by atoms with Gasteiger partial charge in [0.25, 0.3) is 0 Å². The molecule has 1 aromatic carbocycles. The highest BCUT2D eigenvalue weighted by molar-refractivity contribution is 5.93. The number of carbonyl (C=O) groups excluding carboxylic acids is 2. The van der Waals surface area contributed by atoms with Crippen LogP contribution in [0.4, 0.5) is 16.2 Å². The van der Waals surface area contributed by atoms with E-state index in [1.807, 2.05) is 33.8 Å². The van der Waals surface area contributed by atoms with Crippen LogP contribution in [0.25, 0.3) is 0 Å². The number of benzene rings is 1. The topological polar surface area (TPSA) is 93.9 Å². The van der Waals surface area contributed by atoms with Gasteiger partial charge in [-0.1, -0.05) is 0 Å². The molecular formula is C19H29N3O4. The summed E-state index contributed by atoms with van der Waals surface area (Å²) < 4.78 is 10.2. The van der Waals surface area contributed by atoms with Crippen LogP contribution in [-0.2, 0) is 9.47 Å². The number of esters is 1. The van der Waals surface area contributed by atoms with Gasteiger partial charge in [0, 0.05) is 19.1 Å².